The summed E-state index contributed by atoms with van der Waals surface area (Å²) in [7, 11) is 0. The SMILES string of the molecule is CC(=O)NC[C@H]1CN(c2ccc(C3[C@H]4CN(CCO)C[C@@H]34)c(F)c2)C(=O)O1. The van der Waals surface area contributed by atoms with Crippen molar-refractivity contribution >= 4 is 17.7 Å². The van der Waals surface area contributed by atoms with Crippen molar-refractivity contribution in [3.63, 3.8) is 0 Å². The van der Waals surface area contributed by atoms with Crippen molar-refractivity contribution in [2.24, 2.45) is 11.8 Å². The van der Waals surface area contributed by atoms with Gasteiger partial charge in [0, 0.05) is 26.6 Å². The molecule has 0 radical (unpaired) electrons. The third-order valence-corrected chi connectivity index (χ3v) is 5.79. The average molecular weight is 377 g/mol. The summed E-state index contributed by atoms with van der Waals surface area (Å²) in [5.74, 6) is 0.657. The molecule has 1 unspecified atom stereocenters. The first kappa shape index (κ1) is 18.2. The van der Waals surface area contributed by atoms with Crippen LogP contribution < -0.4 is 10.2 Å². The van der Waals surface area contributed by atoms with Gasteiger partial charge in [-0.1, -0.05) is 6.07 Å². The molecule has 146 valence electrons. The van der Waals surface area contributed by atoms with Crippen LogP contribution in [0.2, 0.25) is 0 Å². The predicted octanol–water partition coefficient (Wildman–Crippen LogP) is 0.924. The highest BCUT2D eigenvalue weighted by Crippen LogP contribution is 2.58. The molecule has 2 saturated heterocycles. The number of carbonyl (C=O) groups excluding carboxylic acids is 2. The van der Waals surface area contributed by atoms with E-state index in [-0.39, 0.29) is 37.3 Å². The number of hydrogen-bond acceptors (Lipinski definition) is 5. The fourth-order valence-electron chi connectivity index (χ4n) is 4.45. The second-order valence-electron chi connectivity index (χ2n) is 7.60. The highest BCUT2D eigenvalue weighted by atomic mass is 19.1. The van der Waals surface area contributed by atoms with Gasteiger partial charge in [-0.15, -0.1) is 0 Å². The minimum Gasteiger partial charge on any atom is -0.442 e. The quantitative estimate of drug-likeness (QED) is 0.771. The molecule has 1 saturated carbocycles. The third-order valence-electron chi connectivity index (χ3n) is 5.79. The zero-order chi connectivity index (χ0) is 19.1. The number of rotatable bonds is 6. The van der Waals surface area contributed by atoms with Crippen LogP contribution in [-0.2, 0) is 9.53 Å². The van der Waals surface area contributed by atoms with Gasteiger partial charge < -0.3 is 20.1 Å². The van der Waals surface area contributed by atoms with Crippen molar-refractivity contribution in [2.75, 3.05) is 44.2 Å². The van der Waals surface area contributed by atoms with Gasteiger partial charge in [0.2, 0.25) is 5.91 Å². The Morgan fingerprint density at radius 1 is 1.33 bits per heavy atom. The van der Waals surface area contributed by atoms with Gasteiger partial charge in [-0.2, -0.15) is 0 Å². The van der Waals surface area contributed by atoms with E-state index in [4.69, 9.17) is 9.84 Å². The molecular weight excluding hydrogens is 353 g/mol. The molecule has 7 nitrogen and oxygen atoms in total. The minimum atomic E-state index is -0.527. The highest BCUT2D eigenvalue weighted by Gasteiger charge is 2.56. The molecular formula is C19H24FN3O4. The molecule has 0 spiro atoms. The number of fused-ring (bicyclic) bond motifs is 1. The van der Waals surface area contributed by atoms with E-state index in [0.29, 0.717) is 29.6 Å². The first-order valence-electron chi connectivity index (χ1n) is 9.33. The number of nitrogens with one attached hydrogen (secondary N) is 1. The Morgan fingerprint density at radius 3 is 2.70 bits per heavy atom. The molecule has 1 aliphatic carbocycles. The minimum absolute atomic E-state index is 0.155. The molecule has 3 fully saturated rings. The van der Waals surface area contributed by atoms with Gasteiger partial charge in [0.05, 0.1) is 25.4 Å². The molecule has 2 heterocycles. The fraction of sp³-hybridized carbons (Fsp3) is 0.579. The van der Waals surface area contributed by atoms with Crippen LogP contribution in [0.3, 0.4) is 0 Å². The van der Waals surface area contributed by atoms with E-state index in [2.05, 4.69) is 10.2 Å². The summed E-state index contributed by atoms with van der Waals surface area (Å²) in [4.78, 5) is 26.7. The first-order valence-corrected chi connectivity index (χ1v) is 9.33. The Balaban J connectivity index is 1.40. The standard InChI is InChI=1S/C19H24FN3O4/c1-11(25)21-7-13-8-23(19(26)27-13)12-2-3-14(17(20)6-12)18-15-9-22(4-5-24)10-16(15)18/h2-3,6,13,15-16,18,24H,4-5,7-10H2,1H3,(H,21,25)/t13-,15-,16+,18?/m0/s1. The number of ether oxygens (including phenoxy) is 1. The van der Waals surface area contributed by atoms with Gasteiger partial charge in [0.15, 0.2) is 0 Å². The number of anilines is 1. The van der Waals surface area contributed by atoms with Crippen LogP contribution >= 0.6 is 0 Å². The van der Waals surface area contributed by atoms with E-state index in [0.717, 1.165) is 13.1 Å². The van der Waals surface area contributed by atoms with E-state index in [1.54, 1.807) is 12.1 Å². The van der Waals surface area contributed by atoms with Crippen LogP contribution in [0.25, 0.3) is 0 Å². The maximum Gasteiger partial charge on any atom is 0.414 e. The average Bonchev–Trinajstić information content (AvgIpc) is 2.95. The van der Waals surface area contributed by atoms with E-state index in [9.17, 15) is 14.0 Å². The van der Waals surface area contributed by atoms with Crippen molar-refractivity contribution in [2.45, 2.75) is 18.9 Å². The van der Waals surface area contributed by atoms with E-state index >= 15 is 0 Å². The van der Waals surface area contributed by atoms with E-state index in [1.165, 1.54) is 17.9 Å². The molecule has 0 bridgehead atoms. The highest BCUT2D eigenvalue weighted by molar-refractivity contribution is 5.89. The molecule has 0 aromatic heterocycles. The summed E-state index contributed by atoms with van der Waals surface area (Å²) >= 11 is 0. The first-order chi connectivity index (χ1) is 13.0. The van der Waals surface area contributed by atoms with Gasteiger partial charge in [-0.3, -0.25) is 9.69 Å². The lowest BCUT2D eigenvalue weighted by Gasteiger charge is -2.19. The number of aliphatic hydroxyl groups is 1. The van der Waals surface area contributed by atoms with Gasteiger partial charge in [-0.05, 0) is 35.4 Å². The number of hydrogen-bond donors (Lipinski definition) is 2. The summed E-state index contributed by atoms with van der Waals surface area (Å²) in [5.41, 5.74) is 1.18. The summed E-state index contributed by atoms with van der Waals surface area (Å²) in [6.07, 6.45) is -0.968. The van der Waals surface area contributed by atoms with Crippen LogP contribution in [-0.4, -0.2) is 67.4 Å². The fourth-order valence-corrected chi connectivity index (χ4v) is 4.45. The zero-order valence-electron chi connectivity index (χ0n) is 15.2. The van der Waals surface area contributed by atoms with Crippen molar-refractivity contribution < 1.29 is 23.8 Å². The Hall–Kier alpha value is -2.19. The molecule has 4 atom stereocenters. The summed E-state index contributed by atoms with van der Waals surface area (Å²) < 4.78 is 20.0. The number of amides is 2. The van der Waals surface area contributed by atoms with E-state index in [1.807, 2.05) is 0 Å². The lowest BCUT2D eigenvalue weighted by Crippen LogP contribution is -2.33. The van der Waals surface area contributed by atoms with Crippen molar-refractivity contribution in [1.82, 2.24) is 10.2 Å². The number of nitrogens with zero attached hydrogens (tertiary/aromatic N) is 2. The Kier molecular flexibility index (Phi) is 4.77. The second kappa shape index (κ2) is 7.09. The van der Waals surface area contributed by atoms with Crippen molar-refractivity contribution in [3.05, 3.63) is 29.6 Å². The number of cyclic esters (lactones) is 1. The summed E-state index contributed by atoms with van der Waals surface area (Å²) in [5, 5.41) is 11.6. The number of halogens is 1. The Morgan fingerprint density at radius 2 is 2.07 bits per heavy atom. The van der Waals surface area contributed by atoms with Crippen LogP contribution in [0.1, 0.15) is 18.4 Å². The second-order valence-corrected chi connectivity index (χ2v) is 7.60. The maximum absolute atomic E-state index is 14.7. The van der Waals surface area contributed by atoms with Crippen LogP contribution in [0.15, 0.2) is 18.2 Å². The lowest BCUT2D eigenvalue weighted by molar-refractivity contribution is -0.119. The molecule has 1 aromatic carbocycles. The molecule has 4 rings (SSSR count). The van der Waals surface area contributed by atoms with Gasteiger partial charge in [-0.25, -0.2) is 9.18 Å². The summed E-state index contributed by atoms with van der Waals surface area (Å²) in [6, 6.07) is 4.94. The van der Waals surface area contributed by atoms with Crippen molar-refractivity contribution in [1.29, 1.82) is 0 Å². The molecule has 2 aliphatic heterocycles. The molecule has 3 aliphatic rings. The molecule has 2 amide bonds. The monoisotopic (exact) mass is 377 g/mol. The van der Waals surface area contributed by atoms with Crippen LogP contribution in [0.5, 0.6) is 0 Å². The number of β-amino-alcohol motifs (C(OH)–C–C–N with tert-alkyl or cyclic N) is 1. The molecule has 2 N–H and O–H groups in total. The van der Waals surface area contributed by atoms with E-state index < -0.39 is 12.2 Å². The van der Waals surface area contributed by atoms with Gasteiger partial charge >= 0.3 is 6.09 Å². The Bertz CT molecular complexity index is 746. The predicted molar refractivity (Wildman–Crippen MR) is 95.9 cm³/mol. The van der Waals surface area contributed by atoms with Gasteiger partial charge in [0.25, 0.3) is 0 Å². The normalized spacial score (nSPS) is 29.6. The number of aliphatic hydroxyl groups excluding tert-OH is 1. The smallest absolute Gasteiger partial charge is 0.414 e. The molecule has 1 aromatic rings. The number of carbonyl (C=O) groups is 2. The zero-order valence-corrected chi connectivity index (χ0v) is 15.2. The third kappa shape index (κ3) is 3.51. The van der Waals surface area contributed by atoms with Crippen LogP contribution in [0.4, 0.5) is 14.9 Å². The lowest BCUT2D eigenvalue weighted by atomic mass is 10.1. The molecule has 27 heavy (non-hydrogen) atoms. The molecule has 8 heteroatoms. The van der Waals surface area contributed by atoms with Crippen molar-refractivity contribution in [3.8, 4) is 0 Å². The van der Waals surface area contributed by atoms with Gasteiger partial charge in [0.1, 0.15) is 11.9 Å². The maximum atomic E-state index is 14.7. The Labute approximate surface area is 157 Å². The topological polar surface area (TPSA) is 82.1 Å². The number of likely N-dealkylation sites (tertiary alicyclic amines) is 1. The number of piperidine rings is 1. The van der Waals surface area contributed by atoms with Crippen LogP contribution in [0, 0.1) is 17.7 Å². The summed E-state index contributed by atoms with van der Waals surface area (Å²) in [6.45, 7) is 4.57. The largest absolute Gasteiger partial charge is 0.442 e. The number of benzene rings is 1.